The molecule has 6 aliphatic carbocycles. The number of amides is 1. The number of aliphatic hydroxyl groups excluding tert-OH is 1. The first-order valence-electron chi connectivity index (χ1n) is 20.3. The zero-order valence-corrected chi connectivity index (χ0v) is 32.3. The summed E-state index contributed by atoms with van der Waals surface area (Å²) >= 11 is 0. The van der Waals surface area contributed by atoms with Crippen LogP contribution in [0.5, 0.6) is 0 Å². The van der Waals surface area contributed by atoms with Crippen LogP contribution in [0.15, 0.2) is 35.2 Å². The Kier molecular flexibility index (Phi) is 8.10. The van der Waals surface area contributed by atoms with E-state index in [1.165, 1.54) is 25.7 Å². The SMILES string of the molecule is C[C@@H]1CC(CS(=O)(=O)c2ccccc2)OC2[C@H]1[C@@]1(C)CC[C@@]34C[C@@]35CCC(O[C@H]3CN(C(=O)CC6CC6)CCO3)C(C)(C)[C@@H]5CCC4[C@]1(C)[C@H]2O. The molecule has 0 radical (unpaired) electrons. The predicted octanol–water partition coefficient (Wildman–Crippen LogP) is 6.64. The van der Waals surface area contributed by atoms with Gasteiger partial charge in [-0.15, -0.1) is 0 Å². The van der Waals surface area contributed by atoms with Crippen molar-refractivity contribution in [1.82, 2.24) is 4.90 Å². The molecule has 2 heterocycles. The summed E-state index contributed by atoms with van der Waals surface area (Å²) < 4.78 is 46.6. The monoisotopic (exact) mass is 723 g/mol. The Morgan fingerprint density at radius 3 is 2.45 bits per heavy atom. The fraction of sp³-hybridized carbons (Fsp3) is 0.833. The van der Waals surface area contributed by atoms with Crippen molar-refractivity contribution in [2.75, 3.05) is 25.4 Å². The van der Waals surface area contributed by atoms with Gasteiger partial charge in [0.2, 0.25) is 5.91 Å². The molecule has 0 bridgehead atoms. The number of sulfone groups is 1. The lowest BCUT2D eigenvalue weighted by atomic mass is 9.41. The molecule has 13 atom stereocenters. The number of fused-ring (bicyclic) bond motifs is 4. The number of hydrogen-bond donors (Lipinski definition) is 1. The minimum absolute atomic E-state index is 0.0184. The number of rotatable bonds is 7. The highest BCUT2D eigenvalue weighted by Gasteiger charge is 2.84. The second kappa shape index (κ2) is 11.7. The number of aliphatic hydroxyl groups is 1. The van der Waals surface area contributed by atoms with Crippen molar-refractivity contribution in [3.63, 3.8) is 0 Å². The maximum Gasteiger partial charge on any atom is 0.223 e. The Labute approximate surface area is 305 Å². The summed E-state index contributed by atoms with van der Waals surface area (Å²) in [5.41, 5.74) is 0.127. The number of benzene rings is 1. The lowest BCUT2D eigenvalue weighted by Crippen LogP contribution is -2.60. The molecular weight excluding hydrogens is 663 g/mol. The van der Waals surface area contributed by atoms with Crippen LogP contribution in [0.2, 0.25) is 0 Å². The topological polar surface area (TPSA) is 102 Å². The second-order valence-corrected chi connectivity index (χ2v) is 21.7. The van der Waals surface area contributed by atoms with E-state index in [0.717, 1.165) is 32.1 Å². The summed E-state index contributed by atoms with van der Waals surface area (Å²) in [6.45, 7) is 13.7. The standard InChI is InChI=1S/C42H61NO7S/c1-26-21-28(24-51(46,47)29-9-7-6-8-10-29)49-36-35(26)39(4)17-18-42-25-41(42)16-15-32(38(2,3)30(41)13-14-31(42)40(39,5)37(36)45)50-34-23-43(19-20-48-34)33(44)22-27-11-12-27/h6-10,26-28,30-32,34-37,45H,11-25H2,1-5H3/t26-,28?,30+,31?,32?,34+,35+,36?,37+,39-,40-,41-,42+/m1/s1. The number of morpholine rings is 1. The Hall–Kier alpha value is -1.52. The zero-order valence-electron chi connectivity index (χ0n) is 31.5. The van der Waals surface area contributed by atoms with E-state index in [9.17, 15) is 18.3 Å². The molecule has 0 aromatic heterocycles. The summed E-state index contributed by atoms with van der Waals surface area (Å²) in [4.78, 5) is 15.2. The van der Waals surface area contributed by atoms with Gasteiger partial charge in [0, 0.05) is 18.4 Å². The van der Waals surface area contributed by atoms with Crippen molar-refractivity contribution in [2.24, 2.45) is 56.7 Å². The van der Waals surface area contributed by atoms with Gasteiger partial charge in [0.15, 0.2) is 16.1 Å². The van der Waals surface area contributed by atoms with Crippen LogP contribution in [0, 0.1) is 56.7 Å². The van der Waals surface area contributed by atoms with Crippen molar-refractivity contribution in [1.29, 1.82) is 0 Å². The zero-order chi connectivity index (χ0) is 35.8. The molecule has 1 aromatic rings. The Morgan fingerprint density at radius 2 is 1.71 bits per heavy atom. The molecule has 2 saturated heterocycles. The van der Waals surface area contributed by atoms with E-state index in [0.29, 0.717) is 55.2 Å². The Bertz CT molecular complexity index is 1650. The summed E-state index contributed by atoms with van der Waals surface area (Å²) in [6, 6.07) is 8.72. The lowest BCUT2D eigenvalue weighted by Gasteiger charge is -2.64. The fourth-order valence-corrected chi connectivity index (χ4v) is 16.0. The van der Waals surface area contributed by atoms with Gasteiger partial charge in [-0.25, -0.2) is 8.42 Å². The van der Waals surface area contributed by atoms with Crippen LogP contribution in [0.3, 0.4) is 0 Å². The van der Waals surface area contributed by atoms with E-state index in [1.54, 1.807) is 24.3 Å². The van der Waals surface area contributed by atoms with Crippen LogP contribution in [0.1, 0.15) is 105 Å². The van der Waals surface area contributed by atoms with E-state index >= 15 is 0 Å². The largest absolute Gasteiger partial charge is 0.390 e. The number of nitrogens with zero attached hydrogens (tertiary/aromatic N) is 1. The minimum atomic E-state index is -3.50. The number of carbonyl (C=O) groups excluding carboxylic acids is 1. The third kappa shape index (κ3) is 5.02. The van der Waals surface area contributed by atoms with E-state index in [2.05, 4.69) is 34.6 Å². The van der Waals surface area contributed by atoms with Gasteiger partial charge in [0.1, 0.15) is 0 Å². The van der Waals surface area contributed by atoms with Crippen LogP contribution < -0.4 is 0 Å². The third-order valence-corrected chi connectivity index (χ3v) is 19.0. The maximum absolute atomic E-state index is 13.4. The molecule has 8 fully saturated rings. The van der Waals surface area contributed by atoms with Gasteiger partial charge >= 0.3 is 0 Å². The van der Waals surface area contributed by atoms with Gasteiger partial charge in [-0.3, -0.25) is 4.79 Å². The van der Waals surface area contributed by atoms with Crippen molar-refractivity contribution in [2.45, 2.75) is 141 Å². The molecule has 9 rings (SSSR count). The molecule has 1 aromatic carbocycles. The van der Waals surface area contributed by atoms with Crippen LogP contribution in [-0.2, 0) is 28.8 Å². The lowest BCUT2D eigenvalue weighted by molar-refractivity contribution is -0.248. The highest BCUT2D eigenvalue weighted by atomic mass is 32.2. The third-order valence-electron chi connectivity index (χ3n) is 17.2. The molecule has 6 saturated carbocycles. The van der Waals surface area contributed by atoms with Crippen LogP contribution in [0.4, 0.5) is 0 Å². The number of ether oxygens (including phenoxy) is 3. The van der Waals surface area contributed by atoms with E-state index in [1.807, 2.05) is 11.0 Å². The van der Waals surface area contributed by atoms with Crippen molar-refractivity contribution in [3.8, 4) is 0 Å². The van der Waals surface area contributed by atoms with E-state index < -0.39 is 22.0 Å². The summed E-state index contributed by atoms with van der Waals surface area (Å²) in [5.74, 6) is 2.26. The van der Waals surface area contributed by atoms with Crippen molar-refractivity contribution in [3.05, 3.63) is 30.3 Å². The summed E-state index contributed by atoms with van der Waals surface area (Å²) in [6.07, 6.45) is 10.1. The molecule has 2 spiro atoms. The molecule has 1 N–H and O–H groups in total. The first-order chi connectivity index (χ1) is 24.2. The minimum Gasteiger partial charge on any atom is -0.390 e. The first-order valence-corrected chi connectivity index (χ1v) is 22.0. The summed E-state index contributed by atoms with van der Waals surface area (Å²) in [5, 5.41) is 12.6. The highest BCUT2D eigenvalue weighted by Crippen LogP contribution is 2.89. The quantitative estimate of drug-likeness (QED) is 0.337. The number of hydrogen-bond acceptors (Lipinski definition) is 7. The van der Waals surface area contributed by atoms with E-state index in [-0.39, 0.29) is 69.1 Å². The normalized spacial score (nSPS) is 48.4. The van der Waals surface area contributed by atoms with Crippen molar-refractivity contribution >= 4 is 15.7 Å². The Balaban J connectivity index is 0.923. The molecular formula is C42H61NO7S. The van der Waals surface area contributed by atoms with E-state index in [4.69, 9.17) is 14.2 Å². The van der Waals surface area contributed by atoms with Gasteiger partial charge in [-0.1, -0.05) is 52.8 Å². The van der Waals surface area contributed by atoms with Gasteiger partial charge < -0.3 is 24.2 Å². The van der Waals surface area contributed by atoms with Gasteiger partial charge in [-0.2, -0.15) is 0 Å². The van der Waals surface area contributed by atoms with Crippen LogP contribution in [-0.4, -0.2) is 80.5 Å². The molecule has 8 aliphatic rings. The average molecular weight is 724 g/mol. The first kappa shape index (κ1) is 35.2. The highest BCUT2D eigenvalue weighted by molar-refractivity contribution is 7.91. The van der Waals surface area contributed by atoms with Crippen LogP contribution >= 0.6 is 0 Å². The van der Waals surface area contributed by atoms with Gasteiger partial charge in [0.05, 0.1) is 48.2 Å². The van der Waals surface area contributed by atoms with Crippen LogP contribution in [0.25, 0.3) is 0 Å². The molecule has 282 valence electrons. The second-order valence-electron chi connectivity index (χ2n) is 19.6. The molecule has 4 unspecified atom stereocenters. The Morgan fingerprint density at radius 1 is 0.980 bits per heavy atom. The van der Waals surface area contributed by atoms with Crippen molar-refractivity contribution < 1.29 is 32.5 Å². The predicted molar refractivity (Wildman–Crippen MR) is 193 cm³/mol. The number of carbonyl (C=O) groups is 1. The fourth-order valence-electron chi connectivity index (χ4n) is 14.5. The smallest absolute Gasteiger partial charge is 0.223 e. The molecule has 9 heteroatoms. The molecule has 51 heavy (non-hydrogen) atoms. The average Bonchev–Trinajstić information content (AvgIpc) is 4.02. The maximum atomic E-state index is 13.4. The molecule has 8 nitrogen and oxygen atoms in total. The van der Waals surface area contributed by atoms with Gasteiger partial charge in [-0.05, 0) is 128 Å². The van der Waals surface area contributed by atoms with Gasteiger partial charge in [0.25, 0.3) is 0 Å². The molecule has 1 amide bonds. The summed E-state index contributed by atoms with van der Waals surface area (Å²) in [7, 11) is -3.50. The molecule has 2 aliphatic heterocycles.